The number of nitrogens with one attached hydrogen (secondary N) is 1. The quantitative estimate of drug-likeness (QED) is 0.618. The van der Waals surface area contributed by atoms with E-state index < -0.39 is 0 Å². The molecule has 2 unspecified atom stereocenters. The van der Waals surface area contributed by atoms with Gasteiger partial charge in [0.05, 0.1) is 18.4 Å². The lowest BCUT2D eigenvalue weighted by atomic mass is 10.0. The van der Waals surface area contributed by atoms with E-state index in [0.717, 1.165) is 29.1 Å². The number of rotatable bonds is 8. The van der Waals surface area contributed by atoms with Crippen molar-refractivity contribution in [2.45, 2.75) is 42.9 Å². The zero-order valence-electron chi connectivity index (χ0n) is 14.8. The van der Waals surface area contributed by atoms with Crippen molar-refractivity contribution in [2.24, 2.45) is 0 Å². The normalized spacial score (nSPS) is 13.1. The maximum Gasteiger partial charge on any atom is 0.233 e. The predicted octanol–water partition coefficient (Wildman–Crippen LogP) is 5.49. The fourth-order valence-electron chi connectivity index (χ4n) is 2.52. The van der Waals surface area contributed by atoms with Gasteiger partial charge < -0.3 is 10.1 Å². The van der Waals surface area contributed by atoms with Crippen LogP contribution >= 0.6 is 23.4 Å². The first-order valence-electron chi connectivity index (χ1n) is 8.43. The summed E-state index contributed by atoms with van der Waals surface area (Å²) >= 11 is 7.49. The topological polar surface area (TPSA) is 38.3 Å². The molecular weight excluding hydrogens is 354 g/mol. The van der Waals surface area contributed by atoms with Crippen LogP contribution in [0.3, 0.4) is 0 Å². The van der Waals surface area contributed by atoms with Crippen LogP contribution in [0, 0.1) is 0 Å². The van der Waals surface area contributed by atoms with Gasteiger partial charge in [-0.05, 0) is 54.8 Å². The molecule has 0 aliphatic heterocycles. The molecule has 3 nitrogen and oxygen atoms in total. The van der Waals surface area contributed by atoms with Crippen LogP contribution in [0.5, 0.6) is 5.75 Å². The highest BCUT2D eigenvalue weighted by Gasteiger charge is 2.21. The standard InChI is InChI=1S/C20H24ClNO2S/c1-4-18(14-6-10-16(24-3)11-7-14)22-20(23)19(5-2)25-17-12-8-15(21)9-13-17/h6-13,18-19H,4-5H2,1-3H3,(H,22,23). The van der Waals surface area contributed by atoms with Crippen molar-refractivity contribution in [3.05, 3.63) is 59.1 Å². The molecule has 0 bridgehead atoms. The van der Waals surface area contributed by atoms with E-state index in [4.69, 9.17) is 16.3 Å². The van der Waals surface area contributed by atoms with Gasteiger partial charge in [0, 0.05) is 9.92 Å². The van der Waals surface area contributed by atoms with Crippen LogP contribution in [0.25, 0.3) is 0 Å². The highest BCUT2D eigenvalue weighted by Crippen LogP contribution is 2.28. The molecule has 25 heavy (non-hydrogen) atoms. The molecule has 134 valence electrons. The number of methoxy groups -OCH3 is 1. The van der Waals surface area contributed by atoms with Crippen LogP contribution in [-0.2, 0) is 4.79 Å². The minimum atomic E-state index is -0.131. The lowest BCUT2D eigenvalue weighted by Gasteiger charge is -2.21. The Hall–Kier alpha value is -1.65. The number of thioether (sulfide) groups is 1. The Morgan fingerprint density at radius 1 is 1.08 bits per heavy atom. The Kier molecular flexibility index (Phi) is 7.66. The van der Waals surface area contributed by atoms with Crippen molar-refractivity contribution < 1.29 is 9.53 Å². The fraction of sp³-hybridized carbons (Fsp3) is 0.350. The molecule has 1 N–H and O–H groups in total. The van der Waals surface area contributed by atoms with Crippen LogP contribution in [-0.4, -0.2) is 18.3 Å². The average molecular weight is 378 g/mol. The zero-order valence-corrected chi connectivity index (χ0v) is 16.4. The second kappa shape index (κ2) is 9.73. The molecule has 2 atom stereocenters. The van der Waals surface area contributed by atoms with Crippen molar-refractivity contribution in [2.75, 3.05) is 7.11 Å². The molecule has 5 heteroatoms. The summed E-state index contributed by atoms with van der Waals surface area (Å²) in [4.78, 5) is 13.8. The summed E-state index contributed by atoms with van der Waals surface area (Å²) in [5.41, 5.74) is 1.09. The number of amides is 1. The van der Waals surface area contributed by atoms with E-state index in [0.29, 0.717) is 5.02 Å². The third-order valence-corrected chi connectivity index (χ3v) is 5.63. The van der Waals surface area contributed by atoms with E-state index in [2.05, 4.69) is 12.2 Å². The Labute approximate surface area is 159 Å². The largest absolute Gasteiger partial charge is 0.497 e. The molecule has 0 aromatic heterocycles. The van der Waals surface area contributed by atoms with Gasteiger partial charge in [0.15, 0.2) is 0 Å². The molecule has 0 heterocycles. The van der Waals surface area contributed by atoms with Crippen molar-refractivity contribution in [3.8, 4) is 5.75 Å². The second-order valence-corrected chi connectivity index (χ2v) is 7.42. The van der Waals surface area contributed by atoms with Gasteiger partial charge in [-0.2, -0.15) is 0 Å². The van der Waals surface area contributed by atoms with Gasteiger partial charge in [0.1, 0.15) is 5.75 Å². The van der Waals surface area contributed by atoms with Gasteiger partial charge in [-0.3, -0.25) is 4.79 Å². The molecule has 2 rings (SSSR count). The van der Waals surface area contributed by atoms with E-state index >= 15 is 0 Å². The van der Waals surface area contributed by atoms with Crippen LogP contribution in [0.2, 0.25) is 5.02 Å². The van der Waals surface area contributed by atoms with Gasteiger partial charge in [-0.15, -0.1) is 11.8 Å². The molecule has 1 amide bonds. The monoisotopic (exact) mass is 377 g/mol. The molecule has 0 aliphatic rings. The van der Waals surface area contributed by atoms with E-state index in [-0.39, 0.29) is 17.2 Å². The van der Waals surface area contributed by atoms with Gasteiger partial charge in [-0.1, -0.05) is 37.6 Å². The maximum atomic E-state index is 12.7. The molecule has 0 radical (unpaired) electrons. The first kappa shape index (κ1) is 19.7. The highest BCUT2D eigenvalue weighted by atomic mass is 35.5. The summed E-state index contributed by atoms with van der Waals surface area (Å²) in [6.07, 6.45) is 1.60. The Bertz CT molecular complexity index is 673. The van der Waals surface area contributed by atoms with Gasteiger partial charge >= 0.3 is 0 Å². The average Bonchev–Trinajstić information content (AvgIpc) is 2.65. The first-order valence-corrected chi connectivity index (χ1v) is 9.69. The Balaban J connectivity index is 2.03. The van der Waals surface area contributed by atoms with Crippen molar-refractivity contribution >= 4 is 29.3 Å². The number of hydrogen-bond acceptors (Lipinski definition) is 3. The molecule has 0 spiro atoms. The van der Waals surface area contributed by atoms with E-state index in [1.165, 1.54) is 0 Å². The van der Waals surface area contributed by atoms with Crippen LogP contribution in [0.1, 0.15) is 38.3 Å². The lowest BCUT2D eigenvalue weighted by Crippen LogP contribution is -2.35. The van der Waals surface area contributed by atoms with Crippen molar-refractivity contribution in [1.29, 1.82) is 0 Å². The van der Waals surface area contributed by atoms with Gasteiger partial charge in [0.2, 0.25) is 5.91 Å². The molecular formula is C20H24ClNO2S. The smallest absolute Gasteiger partial charge is 0.233 e. The molecule has 2 aromatic carbocycles. The summed E-state index contributed by atoms with van der Waals surface area (Å²) in [6, 6.07) is 15.4. The fourth-order valence-corrected chi connectivity index (χ4v) is 3.61. The molecule has 0 saturated carbocycles. The molecule has 0 aliphatic carbocycles. The van der Waals surface area contributed by atoms with Gasteiger partial charge in [0.25, 0.3) is 0 Å². The summed E-state index contributed by atoms with van der Waals surface area (Å²) in [6.45, 7) is 4.10. The summed E-state index contributed by atoms with van der Waals surface area (Å²) in [5.74, 6) is 0.875. The maximum absolute atomic E-state index is 12.7. The third kappa shape index (κ3) is 5.68. The van der Waals surface area contributed by atoms with E-state index in [9.17, 15) is 4.79 Å². The number of benzene rings is 2. The zero-order chi connectivity index (χ0) is 18.2. The number of halogens is 1. The molecule has 0 saturated heterocycles. The van der Waals surface area contributed by atoms with Crippen molar-refractivity contribution in [1.82, 2.24) is 5.32 Å². The van der Waals surface area contributed by atoms with Crippen molar-refractivity contribution in [3.63, 3.8) is 0 Å². The minimum absolute atomic E-state index is 0.00160. The summed E-state index contributed by atoms with van der Waals surface area (Å²) in [5, 5.41) is 3.75. The first-order chi connectivity index (χ1) is 12.1. The third-order valence-electron chi connectivity index (χ3n) is 4.00. The molecule has 0 fully saturated rings. The minimum Gasteiger partial charge on any atom is -0.497 e. The number of hydrogen-bond donors (Lipinski definition) is 1. The second-order valence-electron chi connectivity index (χ2n) is 5.71. The SMILES string of the molecule is CCC(Sc1ccc(Cl)cc1)C(=O)NC(CC)c1ccc(OC)cc1. The molecule has 2 aromatic rings. The van der Waals surface area contributed by atoms with E-state index in [1.807, 2.05) is 55.5 Å². The van der Waals surface area contributed by atoms with Crippen LogP contribution in [0.15, 0.2) is 53.4 Å². The Morgan fingerprint density at radius 3 is 2.24 bits per heavy atom. The van der Waals surface area contributed by atoms with Crippen LogP contribution < -0.4 is 10.1 Å². The lowest BCUT2D eigenvalue weighted by molar-refractivity contribution is -0.121. The number of carbonyl (C=O) groups excluding carboxylic acids is 1. The van der Waals surface area contributed by atoms with Crippen LogP contribution in [0.4, 0.5) is 0 Å². The van der Waals surface area contributed by atoms with E-state index in [1.54, 1.807) is 18.9 Å². The van der Waals surface area contributed by atoms with Gasteiger partial charge in [-0.25, -0.2) is 0 Å². The predicted molar refractivity (Wildman–Crippen MR) is 106 cm³/mol. The number of carbonyl (C=O) groups is 1. The Morgan fingerprint density at radius 2 is 1.72 bits per heavy atom. The summed E-state index contributed by atoms with van der Waals surface area (Å²) in [7, 11) is 1.65. The summed E-state index contributed by atoms with van der Waals surface area (Å²) < 4.78 is 5.19. The number of ether oxygens (including phenoxy) is 1. The highest BCUT2D eigenvalue weighted by molar-refractivity contribution is 8.00.